The first kappa shape index (κ1) is 27.8. The zero-order valence-corrected chi connectivity index (χ0v) is 20.9. The van der Waals surface area contributed by atoms with E-state index >= 15 is 0 Å². The lowest BCUT2D eigenvalue weighted by Crippen LogP contribution is -2.28. The molecule has 0 bridgehead atoms. The molecule has 0 aliphatic heterocycles. The van der Waals surface area contributed by atoms with E-state index < -0.39 is 30.8 Å². The van der Waals surface area contributed by atoms with E-state index in [9.17, 15) is 19.8 Å². The minimum Gasteiger partial charge on any atom is -0.489 e. The highest BCUT2D eigenvalue weighted by molar-refractivity contribution is 7.99. The van der Waals surface area contributed by atoms with E-state index in [2.05, 4.69) is 13.2 Å². The van der Waals surface area contributed by atoms with E-state index in [1.165, 1.54) is 11.8 Å². The molecular formula is C28H28O8S. The Bertz CT molecular complexity index is 1230. The highest BCUT2D eigenvalue weighted by Gasteiger charge is 2.19. The van der Waals surface area contributed by atoms with Gasteiger partial charge in [0.2, 0.25) is 0 Å². The minimum absolute atomic E-state index is 0.0803. The van der Waals surface area contributed by atoms with E-state index in [1.54, 1.807) is 6.07 Å². The van der Waals surface area contributed by atoms with Crippen LogP contribution in [0.1, 0.15) is 0 Å². The van der Waals surface area contributed by atoms with Crippen LogP contribution in [0.2, 0.25) is 0 Å². The second-order valence-electron chi connectivity index (χ2n) is 7.72. The Hall–Kier alpha value is -3.79. The van der Waals surface area contributed by atoms with Crippen LogP contribution >= 0.6 is 11.8 Å². The Morgan fingerprint density at radius 1 is 0.892 bits per heavy atom. The third-order valence-corrected chi connectivity index (χ3v) is 6.01. The van der Waals surface area contributed by atoms with Crippen LogP contribution in [0.3, 0.4) is 0 Å². The van der Waals surface area contributed by atoms with Crippen molar-refractivity contribution in [3.05, 3.63) is 86.0 Å². The van der Waals surface area contributed by atoms with E-state index in [-0.39, 0.29) is 19.8 Å². The lowest BCUT2D eigenvalue weighted by molar-refractivity contribution is -0.146. The summed E-state index contributed by atoms with van der Waals surface area (Å²) in [6, 6.07) is 18.8. The third kappa shape index (κ3) is 8.11. The molecule has 0 aliphatic carbocycles. The molecule has 0 saturated heterocycles. The standard InChI is InChI=1S/C28H28O8S/c1-3-26(31)34-16-19(30)17-35-28-23-13-9-8-12-22(23)24(33-18-20(15-29)36-27(32)4-2)14-25(28)37-21-10-6-5-7-11-21/h3-14,19-20,29-30H,1-2,15-18H2. The Balaban J connectivity index is 1.93. The maximum absolute atomic E-state index is 11.6. The molecule has 2 unspecified atom stereocenters. The van der Waals surface area contributed by atoms with Crippen LogP contribution in [0.15, 0.2) is 95.8 Å². The van der Waals surface area contributed by atoms with Crippen LogP contribution < -0.4 is 9.47 Å². The number of benzene rings is 3. The first-order valence-corrected chi connectivity index (χ1v) is 12.2. The molecule has 194 valence electrons. The van der Waals surface area contributed by atoms with E-state index in [0.29, 0.717) is 21.8 Å². The molecule has 2 atom stereocenters. The van der Waals surface area contributed by atoms with Gasteiger partial charge in [0.25, 0.3) is 0 Å². The molecule has 37 heavy (non-hydrogen) atoms. The van der Waals surface area contributed by atoms with Gasteiger partial charge in [0, 0.05) is 27.8 Å². The topological polar surface area (TPSA) is 112 Å². The molecule has 0 fully saturated rings. The molecule has 9 heteroatoms. The molecule has 3 rings (SSSR count). The van der Waals surface area contributed by atoms with Crippen molar-refractivity contribution in [3.8, 4) is 11.5 Å². The molecular weight excluding hydrogens is 496 g/mol. The molecule has 3 aromatic rings. The van der Waals surface area contributed by atoms with Crippen molar-refractivity contribution in [2.24, 2.45) is 0 Å². The number of carbonyl (C=O) groups is 2. The average Bonchev–Trinajstić information content (AvgIpc) is 2.93. The first-order valence-electron chi connectivity index (χ1n) is 11.4. The Morgan fingerprint density at radius 2 is 1.57 bits per heavy atom. The third-order valence-electron chi connectivity index (χ3n) is 4.98. The molecule has 0 aromatic heterocycles. The van der Waals surface area contributed by atoms with Gasteiger partial charge >= 0.3 is 11.9 Å². The summed E-state index contributed by atoms with van der Waals surface area (Å²) < 4.78 is 22.1. The van der Waals surface area contributed by atoms with Gasteiger partial charge in [0.05, 0.1) is 11.5 Å². The van der Waals surface area contributed by atoms with Crippen molar-refractivity contribution in [3.63, 3.8) is 0 Å². The fraction of sp³-hybridized carbons (Fsp3) is 0.214. The lowest BCUT2D eigenvalue weighted by atomic mass is 10.1. The Labute approximate surface area is 219 Å². The van der Waals surface area contributed by atoms with Crippen molar-refractivity contribution in [1.29, 1.82) is 0 Å². The number of hydrogen-bond donors (Lipinski definition) is 2. The number of aliphatic hydroxyl groups is 2. The Morgan fingerprint density at radius 3 is 2.24 bits per heavy atom. The van der Waals surface area contributed by atoms with Crippen molar-refractivity contribution in [2.75, 3.05) is 26.4 Å². The molecule has 0 heterocycles. The lowest BCUT2D eigenvalue weighted by Gasteiger charge is -2.20. The van der Waals surface area contributed by atoms with Crippen molar-refractivity contribution >= 4 is 34.5 Å². The van der Waals surface area contributed by atoms with Crippen molar-refractivity contribution in [1.82, 2.24) is 0 Å². The van der Waals surface area contributed by atoms with Gasteiger partial charge in [-0.15, -0.1) is 0 Å². The van der Waals surface area contributed by atoms with Crippen LogP contribution in [0.25, 0.3) is 10.8 Å². The van der Waals surface area contributed by atoms with Crippen LogP contribution in [0.4, 0.5) is 0 Å². The fourth-order valence-corrected chi connectivity index (χ4v) is 4.21. The quantitative estimate of drug-likeness (QED) is 0.239. The smallest absolute Gasteiger partial charge is 0.330 e. The van der Waals surface area contributed by atoms with Gasteiger partial charge in [-0.3, -0.25) is 0 Å². The zero-order valence-electron chi connectivity index (χ0n) is 20.1. The van der Waals surface area contributed by atoms with Gasteiger partial charge in [-0.05, 0) is 18.2 Å². The molecule has 8 nitrogen and oxygen atoms in total. The van der Waals surface area contributed by atoms with Crippen LogP contribution in [0, 0.1) is 0 Å². The van der Waals surface area contributed by atoms with Crippen molar-refractivity contribution in [2.45, 2.75) is 22.0 Å². The molecule has 0 spiro atoms. The minimum atomic E-state index is -1.06. The molecule has 3 aromatic carbocycles. The predicted octanol–water partition coefficient (Wildman–Crippen LogP) is 3.93. The summed E-state index contributed by atoms with van der Waals surface area (Å²) in [6.45, 7) is 5.83. The Kier molecular flexibility index (Phi) is 10.6. The van der Waals surface area contributed by atoms with Crippen molar-refractivity contribution < 1.29 is 38.7 Å². The van der Waals surface area contributed by atoms with Crippen LogP contribution in [0.5, 0.6) is 11.5 Å². The van der Waals surface area contributed by atoms with Gasteiger partial charge in [0.1, 0.15) is 37.4 Å². The highest BCUT2D eigenvalue weighted by atomic mass is 32.2. The molecule has 0 radical (unpaired) electrons. The SMILES string of the molecule is C=CC(=O)OCC(O)COc1c(Sc2ccccc2)cc(OCC(CO)OC(=O)C=C)c2ccccc12. The number of hydrogen-bond acceptors (Lipinski definition) is 9. The van der Waals surface area contributed by atoms with E-state index in [0.717, 1.165) is 22.4 Å². The summed E-state index contributed by atoms with van der Waals surface area (Å²) in [5.74, 6) is -0.280. The normalized spacial score (nSPS) is 12.3. The summed E-state index contributed by atoms with van der Waals surface area (Å²) in [4.78, 5) is 24.5. The summed E-state index contributed by atoms with van der Waals surface area (Å²) in [5.41, 5.74) is 0. The second-order valence-corrected chi connectivity index (χ2v) is 8.83. The summed E-state index contributed by atoms with van der Waals surface area (Å²) in [7, 11) is 0. The summed E-state index contributed by atoms with van der Waals surface area (Å²) >= 11 is 1.44. The van der Waals surface area contributed by atoms with Crippen LogP contribution in [-0.2, 0) is 19.1 Å². The molecule has 2 N–H and O–H groups in total. The van der Waals surface area contributed by atoms with Gasteiger partial charge in [0.15, 0.2) is 6.10 Å². The van der Waals surface area contributed by atoms with Crippen LogP contribution in [-0.4, -0.2) is 60.8 Å². The first-order chi connectivity index (χ1) is 17.9. The predicted molar refractivity (Wildman–Crippen MR) is 140 cm³/mol. The fourth-order valence-electron chi connectivity index (χ4n) is 3.23. The summed E-state index contributed by atoms with van der Waals surface area (Å²) in [6.07, 6.45) is 0.108. The zero-order chi connectivity index (χ0) is 26.6. The number of carbonyl (C=O) groups excluding carboxylic acids is 2. The maximum atomic E-state index is 11.6. The number of ether oxygens (including phenoxy) is 4. The average molecular weight is 525 g/mol. The van der Waals surface area contributed by atoms with Gasteiger partial charge in [-0.25, -0.2) is 9.59 Å². The van der Waals surface area contributed by atoms with E-state index in [1.807, 2.05) is 54.6 Å². The maximum Gasteiger partial charge on any atom is 0.330 e. The molecule has 0 aliphatic rings. The number of rotatable bonds is 14. The largest absolute Gasteiger partial charge is 0.489 e. The summed E-state index contributed by atoms with van der Waals surface area (Å²) in [5, 5.41) is 21.3. The monoisotopic (exact) mass is 524 g/mol. The van der Waals surface area contributed by atoms with Gasteiger partial charge in [-0.2, -0.15) is 0 Å². The highest BCUT2D eigenvalue weighted by Crippen LogP contribution is 2.44. The second kappa shape index (κ2) is 14.1. The number of aliphatic hydroxyl groups excluding tert-OH is 2. The van der Waals surface area contributed by atoms with Gasteiger partial charge < -0.3 is 29.2 Å². The number of fused-ring (bicyclic) bond motifs is 1. The molecule has 0 saturated carbocycles. The number of esters is 2. The van der Waals surface area contributed by atoms with Gasteiger partial charge in [-0.1, -0.05) is 67.4 Å². The molecule has 0 amide bonds. The van der Waals surface area contributed by atoms with E-state index in [4.69, 9.17) is 18.9 Å².